The highest BCUT2D eigenvalue weighted by Crippen LogP contribution is 2.10. The van der Waals surface area contributed by atoms with Gasteiger partial charge in [0.05, 0.1) is 6.26 Å². The number of aromatic hydroxyl groups is 1. The van der Waals surface area contributed by atoms with Crippen molar-refractivity contribution >= 4 is 12.0 Å². The molecule has 1 amide bonds. The Morgan fingerprint density at radius 1 is 1.33 bits per heavy atom. The van der Waals surface area contributed by atoms with Crippen LogP contribution in [0.4, 0.5) is 0 Å². The SMILES string of the molecule is O=C(/C=C/c1ccco1)NCc1cccc(O)c1. The van der Waals surface area contributed by atoms with Crippen LogP contribution in [0.3, 0.4) is 0 Å². The van der Waals surface area contributed by atoms with Crippen LogP contribution in [0.2, 0.25) is 0 Å². The predicted octanol–water partition coefficient (Wildman–Crippen LogP) is 2.31. The topological polar surface area (TPSA) is 62.5 Å². The van der Waals surface area contributed by atoms with Crippen LogP contribution in [0, 0.1) is 0 Å². The second-order valence-electron chi connectivity index (χ2n) is 3.74. The molecule has 4 heteroatoms. The van der Waals surface area contributed by atoms with Gasteiger partial charge in [0.25, 0.3) is 0 Å². The van der Waals surface area contributed by atoms with E-state index >= 15 is 0 Å². The van der Waals surface area contributed by atoms with Gasteiger partial charge in [-0.15, -0.1) is 0 Å². The zero-order chi connectivity index (χ0) is 12.8. The van der Waals surface area contributed by atoms with E-state index in [0.29, 0.717) is 12.3 Å². The van der Waals surface area contributed by atoms with Crippen molar-refractivity contribution in [3.63, 3.8) is 0 Å². The Bertz CT molecular complexity index is 544. The molecule has 18 heavy (non-hydrogen) atoms. The van der Waals surface area contributed by atoms with Crippen LogP contribution in [-0.4, -0.2) is 11.0 Å². The Morgan fingerprint density at radius 2 is 2.22 bits per heavy atom. The van der Waals surface area contributed by atoms with E-state index in [4.69, 9.17) is 4.42 Å². The summed E-state index contributed by atoms with van der Waals surface area (Å²) in [6.45, 7) is 0.371. The fourth-order valence-corrected chi connectivity index (χ4v) is 1.46. The molecule has 0 fully saturated rings. The van der Waals surface area contributed by atoms with E-state index in [-0.39, 0.29) is 11.7 Å². The van der Waals surface area contributed by atoms with E-state index in [1.54, 1.807) is 42.7 Å². The van der Waals surface area contributed by atoms with Crippen LogP contribution < -0.4 is 5.32 Å². The van der Waals surface area contributed by atoms with Crippen LogP contribution in [0.1, 0.15) is 11.3 Å². The first-order valence-electron chi connectivity index (χ1n) is 5.51. The number of nitrogens with one attached hydrogen (secondary N) is 1. The molecule has 4 nitrogen and oxygen atoms in total. The normalized spacial score (nSPS) is 10.7. The second kappa shape index (κ2) is 5.72. The highest BCUT2D eigenvalue weighted by Gasteiger charge is 1.98. The molecule has 0 saturated carbocycles. The summed E-state index contributed by atoms with van der Waals surface area (Å²) in [5.74, 6) is 0.602. The van der Waals surface area contributed by atoms with Crippen LogP contribution in [0.25, 0.3) is 6.08 Å². The third-order valence-corrected chi connectivity index (χ3v) is 2.32. The standard InChI is InChI=1S/C14H13NO3/c16-12-4-1-3-11(9-12)10-15-14(17)7-6-13-5-2-8-18-13/h1-9,16H,10H2,(H,15,17)/b7-6+. The third kappa shape index (κ3) is 3.52. The molecule has 0 saturated heterocycles. The van der Waals surface area contributed by atoms with Crippen LogP contribution >= 0.6 is 0 Å². The first-order chi connectivity index (χ1) is 8.74. The van der Waals surface area contributed by atoms with Crippen molar-refractivity contribution in [2.24, 2.45) is 0 Å². The highest BCUT2D eigenvalue weighted by atomic mass is 16.3. The lowest BCUT2D eigenvalue weighted by Gasteiger charge is -2.02. The van der Waals surface area contributed by atoms with E-state index in [2.05, 4.69) is 5.32 Å². The van der Waals surface area contributed by atoms with Gasteiger partial charge in [0, 0.05) is 12.6 Å². The predicted molar refractivity (Wildman–Crippen MR) is 67.7 cm³/mol. The summed E-state index contributed by atoms with van der Waals surface area (Å²) in [4.78, 5) is 11.5. The molecule has 0 aliphatic rings. The molecular formula is C14H13NO3. The lowest BCUT2D eigenvalue weighted by Crippen LogP contribution is -2.20. The summed E-state index contributed by atoms with van der Waals surface area (Å²) in [7, 11) is 0. The molecule has 0 unspecified atom stereocenters. The summed E-state index contributed by atoms with van der Waals surface area (Å²) < 4.78 is 5.06. The van der Waals surface area contributed by atoms with Gasteiger partial charge in [-0.1, -0.05) is 12.1 Å². The summed E-state index contributed by atoms with van der Waals surface area (Å²) in [5, 5.41) is 12.0. The number of phenols is 1. The zero-order valence-corrected chi connectivity index (χ0v) is 9.67. The van der Waals surface area contributed by atoms with Crippen molar-refractivity contribution in [1.82, 2.24) is 5.32 Å². The molecule has 0 aliphatic carbocycles. The maximum absolute atomic E-state index is 11.5. The summed E-state index contributed by atoms with van der Waals surface area (Å²) >= 11 is 0. The molecular weight excluding hydrogens is 230 g/mol. The maximum Gasteiger partial charge on any atom is 0.244 e. The minimum absolute atomic E-state index is 0.188. The minimum Gasteiger partial charge on any atom is -0.508 e. The Labute approximate surface area is 105 Å². The number of carbonyl (C=O) groups is 1. The number of hydrogen-bond donors (Lipinski definition) is 2. The first kappa shape index (κ1) is 12.0. The van der Waals surface area contributed by atoms with E-state index in [9.17, 15) is 9.90 Å². The van der Waals surface area contributed by atoms with Crippen LogP contribution in [-0.2, 0) is 11.3 Å². The molecule has 2 rings (SSSR count). The molecule has 1 aromatic carbocycles. The summed E-state index contributed by atoms with van der Waals surface area (Å²) in [6, 6.07) is 10.3. The van der Waals surface area contributed by atoms with Gasteiger partial charge in [0.2, 0.25) is 5.91 Å². The third-order valence-electron chi connectivity index (χ3n) is 2.32. The number of hydrogen-bond acceptors (Lipinski definition) is 3. The van der Waals surface area contributed by atoms with Crippen molar-refractivity contribution in [3.05, 3.63) is 60.1 Å². The average Bonchev–Trinajstić information content (AvgIpc) is 2.87. The number of rotatable bonds is 4. The number of benzene rings is 1. The van der Waals surface area contributed by atoms with Gasteiger partial charge in [0.1, 0.15) is 11.5 Å². The molecule has 0 spiro atoms. The molecule has 0 aliphatic heterocycles. The van der Waals surface area contributed by atoms with Crippen LogP contribution in [0.15, 0.2) is 53.2 Å². The van der Waals surface area contributed by atoms with Crippen molar-refractivity contribution in [2.75, 3.05) is 0 Å². The molecule has 0 radical (unpaired) electrons. The van der Waals surface area contributed by atoms with Gasteiger partial charge in [-0.25, -0.2) is 0 Å². The van der Waals surface area contributed by atoms with E-state index < -0.39 is 0 Å². The minimum atomic E-state index is -0.213. The molecule has 1 aromatic heterocycles. The lowest BCUT2D eigenvalue weighted by molar-refractivity contribution is -0.116. The lowest BCUT2D eigenvalue weighted by atomic mass is 10.2. The Kier molecular flexibility index (Phi) is 3.81. The summed E-state index contributed by atoms with van der Waals surface area (Å²) in [5.41, 5.74) is 0.842. The van der Waals surface area contributed by atoms with Gasteiger partial charge in [-0.05, 0) is 35.9 Å². The smallest absolute Gasteiger partial charge is 0.244 e. The largest absolute Gasteiger partial charge is 0.508 e. The van der Waals surface area contributed by atoms with Crippen LogP contribution in [0.5, 0.6) is 5.75 Å². The summed E-state index contributed by atoms with van der Waals surface area (Å²) in [6.07, 6.45) is 4.55. The number of carbonyl (C=O) groups excluding carboxylic acids is 1. The number of amides is 1. The maximum atomic E-state index is 11.5. The molecule has 1 heterocycles. The second-order valence-corrected chi connectivity index (χ2v) is 3.74. The Hall–Kier alpha value is -2.49. The molecule has 2 N–H and O–H groups in total. The monoisotopic (exact) mass is 243 g/mol. The fourth-order valence-electron chi connectivity index (χ4n) is 1.46. The Balaban J connectivity index is 1.85. The van der Waals surface area contributed by atoms with Gasteiger partial charge < -0.3 is 14.8 Å². The van der Waals surface area contributed by atoms with E-state index in [0.717, 1.165) is 5.56 Å². The van der Waals surface area contributed by atoms with Crippen molar-refractivity contribution in [2.45, 2.75) is 6.54 Å². The quantitative estimate of drug-likeness (QED) is 0.810. The van der Waals surface area contributed by atoms with Gasteiger partial charge in [-0.3, -0.25) is 4.79 Å². The molecule has 92 valence electrons. The Morgan fingerprint density at radius 3 is 2.94 bits per heavy atom. The number of phenolic OH excluding ortho intramolecular Hbond substituents is 1. The number of furan rings is 1. The highest BCUT2D eigenvalue weighted by molar-refractivity contribution is 5.91. The van der Waals surface area contributed by atoms with Gasteiger partial charge in [0.15, 0.2) is 0 Å². The van der Waals surface area contributed by atoms with Gasteiger partial charge >= 0.3 is 0 Å². The molecule has 2 aromatic rings. The van der Waals surface area contributed by atoms with Crippen molar-refractivity contribution in [3.8, 4) is 5.75 Å². The van der Waals surface area contributed by atoms with Crippen molar-refractivity contribution in [1.29, 1.82) is 0 Å². The van der Waals surface area contributed by atoms with E-state index in [1.807, 2.05) is 6.07 Å². The average molecular weight is 243 g/mol. The molecule has 0 atom stereocenters. The molecule has 0 bridgehead atoms. The van der Waals surface area contributed by atoms with Gasteiger partial charge in [-0.2, -0.15) is 0 Å². The fraction of sp³-hybridized carbons (Fsp3) is 0.0714. The zero-order valence-electron chi connectivity index (χ0n) is 9.67. The van der Waals surface area contributed by atoms with Crippen molar-refractivity contribution < 1.29 is 14.3 Å². The first-order valence-corrected chi connectivity index (χ1v) is 5.51. The van der Waals surface area contributed by atoms with E-state index in [1.165, 1.54) is 6.08 Å².